The van der Waals surface area contributed by atoms with Crippen LogP contribution >= 0.6 is 0 Å². The summed E-state index contributed by atoms with van der Waals surface area (Å²) in [6.07, 6.45) is 2.08. The van der Waals surface area contributed by atoms with Gasteiger partial charge in [0, 0.05) is 11.6 Å². The molecule has 1 aromatic carbocycles. The SMILES string of the molecule is CCc1ccc(CC)c(-c2ccc(CNC(C)C)o2)c1. The molecule has 0 aliphatic heterocycles. The summed E-state index contributed by atoms with van der Waals surface area (Å²) in [7, 11) is 0. The van der Waals surface area contributed by atoms with Gasteiger partial charge in [0.15, 0.2) is 0 Å². The van der Waals surface area contributed by atoms with Crippen molar-refractivity contribution in [3.63, 3.8) is 0 Å². The lowest BCUT2D eigenvalue weighted by Gasteiger charge is -2.08. The van der Waals surface area contributed by atoms with Crippen LogP contribution in [-0.2, 0) is 19.4 Å². The zero-order valence-electron chi connectivity index (χ0n) is 13.0. The number of hydrogen-bond acceptors (Lipinski definition) is 2. The summed E-state index contributed by atoms with van der Waals surface area (Å²) in [5.41, 5.74) is 3.94. The highest BCUT2D eigenvalue weighted by Gasteiger charge is 2.10. The molecule has 0 aliphatic rings. The number of aryl methyl sites for hydroxylation is 2. The normalized spacial score (nSPS) is 11.2. The van der Waals surface area contributed by atoms with Crippen molar-refractivity contribution in [3.05, 3.63) is 47.2 Å². The van der Waals surface area contributed by atoms with E-state index < -0.39 is 0 Å². The molecule has 0 fully saturated rings. The summed E-state index contributed by atoms with van der Waals surface area (Å²) >= 11 is 0. The lowest BCUT2D eigenvalue weighted by molar-refractivity contribution is 0.473. The third-order valence-corrected chi connectivity index (χ3v) is 3.58. The van der Waals surface area contributed by atoms with Crippen molar-refractivity contribution in [1.82, 2.24) is 5.32 Å². The van der Waals surface area contributed by atoms with Gasteiger partial charge in [-0.3, -0.25) is 0 Å². The van der Waals surface area contributed by atoms with Gasteiger partial charge in [-0.1, -0.05) is 39.8 Å². The molecule has 2 nitrogen and oxygen atoms in total. The van der Waals surface area contributed by atoms with Crippen LogP contribution in [0.1, 0.15) is 44.6 Å². The largest absolute Gasteiger partial charge is 0.460 e. The first kappa shape index (κ1) is 14.9. The molecular weight excluding hydrogens is 246 g/mol. The van der Waals surface area contributed by atoms with Gasteiger partial charge in [0.25, 0.3) is 0 Å². The molecule has 1 aromatic heterocycles. The van der Waals surface area contributed by atoms with E-state index in [4.69, 9.17) is 4.42 Å². The Bertz CT molecular complexity index is 554. The van der Waals surface area contributed by atoms with Crippen LogP contribution < -0.4 is 5.32 Å². The van der Waals surface area contributed by atoms with E-state index in [2.05, 4.69) is 63.3 Å². The fraction of sp³-hybridized carbons (Fsp3) is 0.444. The molecule has 0 saturated heterocycles. The average Bonchev–Trinajstić information content (AvgIpc) is 2.93. The zero-order valence-corrected chi connectivity index (χ0v) is 13.0. The Kier molecular flexibility index (Phi) is 5.02. The Morgan fingerprint density at radius 1 is 1.05 bits per heavy atom. The molecule has 0 bridgehead atoms. The molecule has 1 N–H and O–H groups in total. The highest BCUT2D eigenvalue weighted by atomic mass is 16.3. The molecule has 108 valence electrons. The molecule has 0 atom stereocenters. The maximum absolute atomic E-state index is 6.00. The fourth-order valence-electron chi connectivity index (χ4n) is 2.30. The maximum atomic E-state index is 6.00. The standard InChI is InChI=1S/C18H25NO/c1-5-14-7-8-15(6-2)17(11-14)18-10-9-16(20-18)12-19-13(3)4/h7-11,13,19H,5-6,12H2,1-4H3. The molecule has 0 aliphatic carbocycles. The third kappa shape index (κ3) is 3.51. The second kappa shape index (κ2) is 6.76. The summed E-state index contributed by atoms with van der Waals surface area (Å²) in [4.78, 5) is 0. The first-order valence-electron chi connectivity index (χ1n) is 7.58. The van der Waals surface area contributed by atoms with Crippen molar-refractivity contribution in [2.24, 2.45) is 0 Å². The van der Waals surface area contributed by atoms with E-state index in [9.17, 15) is 0 Å². The minimum Gasteiger partial charge on any atom is -0.460 e. The van der Waals surface area contributed by atoms with E-state index in [1.54, 1.807) is 0 Å². The van der Waals surface area contributed by atoms with Gasteiger partial charge in [-0.2, -0.15) is 0 Å². The van der Waals surface area contributed by atoms with Gasteiger partial charge in [0.1, 0.15) is 11.5 Å². The van der Waals surface area contributed by atoms with Crippen LogP contribution in [0.15, 0.2) is 34.7 Å². The van der Waals surface area contributed by atoms with Crippen molar-refractivity contribution < 1.29 is 4.42 Å². The van der Waals surface area contributed by atoms with Gasteiger partial charge in [-0.05, 0) is 42.2 Å². The third-order valence-electron chi connectivity index (χ3n) is 3.58. The van der Waals surface area contributed by atoms with E-state index in [0.29, 0.717) is 6.04 Å². The predicted octanol–water partition coefficient (Wildman–Crippen LogP) is 4.57. The van der Waals surface area contributed by atoms with Crippen molar-refractivity contribution in [2.45, 2.75) is 53.1 Å². The van der Waals surface area contributed by atoms with Crippen molar-refractivity contribution in [1.29, 1.82) is 0 Å². The lowest BCUT2D eigenvalue weighted by atomic mass is 9.99. The number of nitrogens with one attached hydrogen (secondary N) is 1. The average molecular weight is 271 g/mol. The van der Waals surface area contributed by atoms with Gasteiger partial charge in [-0.15, -0.1) is 0 Å². The van der Waals surface area contributed by atoms with Crippen LogP contribution in [0.5, 0.6) is 0 Å². The van der Waals surface area contributed by atoms with E-state index in [1.165, 1.54) is 16.7 Å². The summed E-state index contributed by atoms with van der Waals surface area (Å²) in [5.74, 6) is 1.98. The molecule has 0 radical (unpaired) electrons. The first-order chi connectivity index (χ1) is 9.63. The smallest absolute Gasteiger partial charge is 0.134 e. The Morgan fingerprint density at radius 3 is 2.50 bits per heavy atom. The minimum atomic E-state index is 0.471. The van der Waals surface area contributed by atoms with Gasteiger partial charge >= 0.3 is 0 Å². The summed E-state index contributed by atoms with van der Waals surface area (Å²) in [5, 5.41) is 3.38. The van der Waals surface area contributed by atoms with Crippen LogP contribution in [0, 0.1) is 0 Å². The predicted molar refractivity (Wildman–Crippen MR) is 84.9 cm³/mol. The number of hydrogen-bond donors (Lipinski definition) is 1. The fourth-order valence-corrected chi connectivity index (χ4v) is 2.30. The Hall–Kier alpha value is -1.54. The number of furan rings is 1. The van der Waals surface area contributed by atoms with E-state index >= 15 is 0 Å². The molecule has 2 heteroatoms. The van der Waals surface area contributed by atoms with Crippen LogP contribution in [0.4, 0.5) is 0 Å². The van der Waals surface area contributed by atoms with Gasteiger partial charge in [0.2, 0.25) is 0 Å². The van der Waals surface area contributed by atoms with E-state index in [0.717, 1.165) is 30.9 Å². The van der Waals surface area contributed by atoms with Crippen LogP contribution in [0.3, 0.4) is 0 Å². The van der Waals surface area contributed by atoms with E-state index in [-0.39, 0.29) is 0 Å². The topological polar surface area (TPSA) is 25.2 Å². The number of rotatable bonds is 6. The molecule has 1 heterocycles. The Labute approximate surface area is 122 Å². The summed E-state index contributed by atoms with van der Waals surface area (Å²) in [6, 6.07) is 11.3. The molecule has 20 heavy (non-hydrogen) atoms. The van der Waals surface area contributed by atoms with Crippen LogP contribution in [0.25, 0.3) is 11.3 Å². The molecular formula is C18H25NO. The quantitative estimate of drug-likeness (QED) is 0.832. The molecule has 2 aromatic rings. The summed E-state index contributed by atoms with van der Waals surface area (Å²) < 4.78 is 6.00. The molecule has 0 spiro atoms. The van der Waals surface area contributed by atoms with Gasteiger partial charge in [0.05, 0.1) is 6.54 Å². The Balaban J connectivity index is 2.26. The van der Waals surface area contributed by atoms with Crippen LogP contribution in [0.2, 0.25) is 0 Å². The van der Waals surface area contributed by atoms with Crippen molar-refractivity contribution in [3.8, 4) is 11.3 Å². The minimum absolute atomic E-state index is 0.471. The first-order valence-corrected chi connectivity index (χ1v) is 7.58. The Morgan fingerprint density at radius 2 is 1.85 bits per heavy atom. The molecule has 0 saturated carbocycles. The highest BCUT2D eigenvalue weighted by Crippen LogP contribution is 2.27. The van der Waals surface area contributed by atoms with Crippen molar-refractivity contribution >= 4 is 0 Å². The molecule has 0 amide bonds. The molecule has 2 rings (SSSR count). The maximum Gasteiger partial charge on any atom is 0.134 e. The van der Waals surface area contributed by atoms with Crippen LogP contribution in [-0.4, -0.2) is 6.04 Å². The second-order valence-corrected chi connectivity index (χ2v) is 5.50. The van der Waals surface area contributed by atoms with Gasteiger partial charge in [-0.25, -0.2) is 0 Å². The van der Waals surface area contributed by atoms with Gasteiger partial charge < -0.3 is 9.73 Å². The zero-order chi connectivity index (χ0) is 14.5. The lowest BCUT2D eigenvalue weighted by Crippen LogP contribution is -2.21. The molecule has 0 unspecified atom stereocenters. The number of benzene rings is 1. The monoisotopic (exact) mass is 271 g/mol. The van der Waals surface area contributed by atoms with Crippen molar-refractivity contribution in [2.75, 3.05) is 0 Å². The summed E-state index contributed by atoms with van der Waals surface area (Å²) in [6.45, 7) is 9.44. The van der Waals surface area contributed by atoms with E-state index in [1.807, 2.05) is 0 Å². The second-order valence-electron chi connectivity index (χ2n) is 5.50. The highest BCUT2D eigenvalue weighted by molar-refractivity contribution is 5.63.